The lowest BCUT2D eigenvalue weighted by Gasteiger charge is -2.00. The first-order valence-corrected chi connectivity index (χ1v) is 5.41. The maximum atomic E-state index is 2.42. The summed E-state index contributed by atoms with van der Waals surface area (Å²) < 4.78 is 0. The van der Waals surface area contributed by atoms with Gasteiger partial charge in [-0.3, -0.25) is 0 Å². The van der Waals surface area contributed by atoms with Crippen LogP contribution >= 0.6 is 0 Å². The van der Waals surface area contributed by atoms with Gasteiger partial charge in [-0.05, 0) is 48.0 Å². The third kappa shape index (κ3) is 1.22. The average molecular weight is 182 g/mol. The highest BCUT2D eigenvalue weighted by molar-refractivity contribution is 5.64. The Kier molecular flexibility index (Phi) is 1.80. The van der Waals surface area contributed by atoms with Crippen molar-refractivity contribution >= 4 is 6.08 Å². The van der Waals surface area contributed by atoms with Crippen LogP contribution in [0.2, 0.25) is 0 Å². The molecule has 0 radical (unpaired) electrons. The Morgan fingerprint density at radius 2 is 1.79 bits per heavy atom. The van der Waals surface area contributed by atoms with Crippen LogP contribution in [0.4, 0.5) is 0 Å². The molecule has 1 aromatic carbocycles. The molecule has 0 nitrogen and oxygen atoms in total. The average Bonchev–Trinajstić information content (AvgIpc) is 2.58. The lowest BCUT2D eigenvalue weighted by molar-refractivity contribution is 0.931. The van der Waals surface area contributed by atoms with E-state index in [2.05, 4.69) is 36.4 Å². The maximum absolute atomic E-state index is 2.42. The zero-order valence-corrected chi connectivity index (χ0v) is 8.29. The molecule has 1 aromatic rings. The van der Waals surface area contributed by atoms with E-state index in [4.69, 9.17) is 0 Å². The summed E-state index contributed by atoms with van der Waals surface area (Å²) in [5.74, 6) is 0. The molecule has 2 aliphatic carbocycles. The first-order valence-electron chi connectivity index (χ1n) is 5.41. The zero-order valence-electron chi connectivity index (χ0n) is 8.29. The summed E-state index contributed by atoms with van der Waals surface area (Å²) in [5.41, 5.74) is 6.08. The molecule has 0 aliphatic heterocycles. The second-order valence-electron chi connectivity index (χ2n) is 4.16. The molecule has 14 heavy (non-hydrogen) atoms. The molecule has 70 valence electrons. The summed E-state index contributed by atoms with van der Waals surface area (Å²) in [6.07, 6.45) is 9.84. The van der Waals surface area contributed by atoms with Crippen LogP contribution in [0.3, 0.4) is 0 Å². The van der Waals surface area contributed by atoms with Crippen LogP contribution in [0.5, 0.6) is 0 Å². The maximum Gasteiger partial charge on any atom is -0.00856 e. The van der Waals surface area contributed by atoms with Gasteiger partial charge in [0.25, 0.3) is 0 Å². The van der Waals surface area contributed by atoms with Crippen molar-refractivity contribution in [1.29, 1.82) is 0 Å². The lowest BCUT2D eigenvalue weighted by atomic mass is 10.0. The van der Waals surface area contributed by atoms with Crippen molar-refractivity contribution < 1.29 is 0 Å². The van der Waals surface area contributed by atoms with E-state index >= 15 is 0 Å². The molecule has 0 N–H and O–H groups in total. The Morgan fingerprint density at radius 3 is 2.79 bits per heavy atom. The first-order chi connectivity index (χ1) is 6.93. The topological polar surface area (TPSA) is 0 Å². The van der Waals surface area contributed by atoms with Gasteiger partial charge in [0.15, 0.2) is 0 Å². The molecule has 1 fully saturated rings. The smallest absolute Gasteiger partial charge is 0.00856 e. The van der Waals surface area contributed by atoms with E-state index in [0.29, 0.717) is 0 Å². The van der Waals surface area contributed by atoms with Gasteiger partial charge < -0.3 is 0 Å². The second kappa shape index (κ2) is 3.13. The van der Waals surface area contributed by atoms with Gasteiger partial charge >= 0.3 is 0 Å². The van der Waals surface area contributed by atoms with Gasteiger partial charge in [-0.25, -0.2) is 0 Å². The van der Waals surface area contributed by atoms with Gasteiger partial charge in [0.2, 0.25) is 0 Å². The molecule has 1 saturated carbocycles. The third-order valence-electron chi connectivity index (χ3n) is 3.26. The number of hydrogen-bond donors (Lipinski definition) is 0. The van der Waals surface area contributed by atoms with Crippen LogP contribution in [0.15, 0.2) is 41.5 Å². The Bertz CT molecular complexity index is 421. The van der Waals surface area contributed by atoms with E-state index in [1.54, 1.807) is 11.1 Å². The molecular formula is C14H14. The molecule has 3 rings (SSSR count). The fraction of sp³-hybridized carbons (Fsp3) is 0.286. The SMILES string of the molecule is C1=C2CCCC2=Cc2ccccc2C1. The second-order valence-corrected chi connectivity index (χ2v) is 4.16. The number of allylic oxidation sites excluding steroid dienone is 3. The normalized spacial score (nSPS) is 19.1. The molecule has 2 aliphatic rings. The molecule has 0 aromatic heterocycles. The van der Waals surface area contributed by atoms with Crippen LogP contribution in [-0.2, 0) is 6.42 Å². The molecule has 0 amide bonds. The summed E-state index contributed by atoms with van der Waals surface area (Å²) in [6.45, 7) is 0. The van der Waals surface area contributed by atoms with Gasteiger partial charge in [-0.2, -0.15) is 0 Å². The highest BCUT2D eigenvalue weighted by Gasteiger charge is 2.15. The van der Waals surface area contributed by atoms with E-state index in [9.17, 15) is 0 Å². The Morgan fingerprint density at radius 1 is 0.929 bits per heavy atom. The van der Waals surface area contributed by atoms with Gasteiger partial charge in [-0.1, -0.05) is 36.4 Å². The largest absolute Gasteiger partial charge is 0.0766 e. The molecule has 0 atom stereocenters. The van der Waals surface area contributed by atoms with Crippen molar-refractivity contribution in [3.05, 3.63) is 52.6 Å². The molecule has 0 saturated heterocycles. The van der Waals surface area contributed by atoms with Crippen LogP contribution in [0.1, 0.15) is 30.4 Å². The van der Waals surface area contributed by atoms with Crippen molar-refractivity contribution in [1.82, 2.24) is 0 Å². The van der Waals surface area contributed by atoms with Gasteiger partial charge in [-0.15, -0.1) is 0 Å². The Labute approximate surface area is 85.0 Å². The molecule has 0 bridgehead atoms. The summed E-state index contributed by atoms with van der Waals surface area (Å²) in [4.78, 5) is 0. The summed E-state index contributed by atoms with van der Waals surface area (Å²) >= 11 is 0. The highest BCUT2D eigenvalue weighted by atomic mass is 14.2. The Hall–Kier alpha value is -1.30. The fourth-order valence-corrected chi connectivity index (χ4v) is 2.47. The van der Waals surface area contributed by atoms with Crippen LogP contribution in [-0.4, -0.2) is 0 Å². The molecular weight excluding hydrogens is 168 g/mol. The van der Waals surface area contributed by atoms with E-state index in [-0.39, 0.29) is 0 Å². The molecule has 0 heterocycles. The van der Waals surface area contributed by atoms with E-state index in [1.807, 2.05) is 0 Å². The van der Waals surface area contributed by atoms with Crippen molar-refractivity contribution in [3.8, 4) is 0 Å². The minimum absolute atomic E-state index is 1.12. The number of fused-ring (bicyclic) bond motifs is 2. The van der Waals surface area contributed by atoms with Gasteiger partial charge in [0.1, 0.15) is 0 Å². The minimum atomic E-state index is 1.12. The summed E-state index contributed by atoms with van der Waals surface area (Å²) in [5, 5.41) is 0. The van der Waals surface area contributed by atoms with Gasteiger partial charge in [0, 0.05) is 0 Å². The van der Waals surface area contributed by atoms with Gasteiger partial charge in [0.05, 0.1) is 0 Å². The predicted octanol–water partition coefficient (Wildman–Crippen LogP) is 3.74. The summed E-state index contributed by atoms with van der Waals surface area (Å²) in [6, 6.07) is 8.74. The monoisotopic (exact) mass is 182 g/mol. The van der Waals surface area contributed by atoms with E-state index in [1.165, 1.54) is 30.4 Å². The highest BCUT2D eigenvalue weighted by Crippen LogP contribution is 2.34. The standard InChI is InChI=1S/C14H14/c1-2-5-13-10-14-7-3-6-12(14)9-8-11(13)4-1/h1-2,4-5,9-10H,3,6-8H2. The minimum Gasteiger partial charge on any atom is -0.0766 e. The predicted molar refractivity (Wildman–Crippen MR) is 60.1 cm³/mol. The van der Waals surface area contributed by atoms with Crippen LogP contribution in [0.25, 0.3) is 6.08 Å². The number of rotatable bonds is 0. The van der Waals surface area contributed by atoms with Crippen molar-refractivity contribution in [2.24, 2.45) is 0 Å². The lowest BCUT2D eigenvalue weighted by Crippen LogP contribution is -1.84. The number of benzene rings is 1. The fourth-order valence-electron chi connectivity index (χ4n) is 2.47. The van der Waals surface area contributed by atoms with Crippen molar-refractivity contribution in [2.45, 2.75) is 25.7 Å². The van der Waals surface area contributed by atoms with Crippen LogP contribution < -0.4 is 0 Å². The Balaban J connectivity index is 2.14. The molecule has 0 heteroatoms. The summed E-state index contributed by atoms with van der Waals surface area (Å²) in [7, 11) is 0. The van der Waals surface area contributed by atoms with Crippen molar-refractivity contribution in [2.75, 3.05) is 0 Å². The van der Waals surface area contributed by atoms with E-state index < -0.39 is 0 Å². The molecule has 0 unspecified atom stereocenters. The third-order valence-corrected chi connectivity index (χ3v) is 3.26. The zero-order chi connectivity index (χ0) is 9.38. The van der Waals surface area contributed by atoms with E-state index in [0.717, 1.165) is 6.42 Å². The quantitative estimate of drug-likeness (QED) is 0.573. The molecule has 0 spiro atoms. The number of hydrogen-bond acceptors (Lipinski definition) is 0. The first kappa shape index (κ1) is 8.05. The van der Waals surface area contributed by atoms with Crippen molar-refractivity contribution in [3.63, 3.8) is 0 Å². The van der Waals surface area contributed by atoms with Crippen LogP contribution in [0, 0.1) is 0 Å².